The first kappa shape index (κ1) is 13.5. The number of carbonyl (C=O) groups excluding carboxylic acids is 1. The summed E-state index contributed by atoms with van der Waals surface area (Å²) in [5.74, 6) is 0.775. The molecule has 0 fully saturated rings. The zero-order chi connectivity index (χ0) is 12.1. The van der Waals surface area contributed by atoms with E-state index >= 15 is 0 Å². The Labute approximate surface area is 107 Å². The number of hydrogen-bond acceptors (Lipinski definition) is 1. The smallest absolute Gasteiger partial charge is 0.137 e. The van der Waals surface area contributed by atoms with Crippen LogP contribution in [0.5, 0.6) is 0 Å². The maximum absolute atomic E-state index is 11.7. The average Bonchev–Trinajstić information content (AvgIpc) is 2.20. The van der Waals surface area contributed by atoms with Crippen molar-refractivity contribution in [3.8, 4) is 0 Å². The Hall–Kier alpha value is -0.530. The van der Waals surface area contributed by atoms with Gasteiger partial charge >= 0.3 is 0 Å². The highest BCUT2D eigenvalue weighted by atomic mass is 35.5. The van der Waals surface area contributed by atoms with Gasteiger partial charge in [-0.05, 0) is 36.1 Å². The van der Waals surface area contributed by atoms with E-state index in [2.05, 4.69) is 13.8 Å². The number of rotatable bonds is 5. The van der Waals surface area contributed by atoms with Crippen molar-refractivity contribution in [1.82, 2.24) is 0 Å². The minimum absolute atomic E-state index is 0.220. The number of benzene rings is 1. The van der Waals surface area contributed by atoms with E-state index in [0.717, 1.165) is 12.0 Å². The standard InChI is InChI=1S/C13H16Cl2O/c1-9(2)3-5-12(16)8-10-7-11(14)4-6-13(10)15/h4,6-7,9H,3,5,8H2,1-2H3. The molecule has 0 amide bonds. The number of hydrogen-bond donors (Lipinski definition) is 0. The van der Waals surface area contributed by atoms with E-state index in [0.29, 0.717) is 28.8 Å². The summed E-state index contributed by atoms with van der Waals surface area (Å²) in [5.41, 5.74) is 0.822. The molecule has 0 heterocycles. The van der Waals surface area contributed by atoms with Gasteiger partial charge in [-0.1, -0.05) is 37.0 Å². The zero-order valence-corrected chi connectivity index (χ0v) is 11.1. The molecule has 1 nitrogen and oxygen atoms in total. The van der Waals surface area contributed by atoms with Gasteiger partial charge in [0.25, 0.3) is 0 Å². The maximum Gasteiger partial charge on any atom is 0.137 e. The van der Waals surface area contributed by atoms with Gasteiger partial charge in [0.2, 0.25) is 0 Å². The molecular weight excluding hydrogens is 243 g/mol. The summed E-state index contributed by atoms with van der Waals surface area (Å²) in [5, 5.41) is 1.23. The zero-order valence-electron chi connectivity index (χ0n) is 9.59. The van der Waals surface area contributed by atoms with Gasteiger partial charge in [0.1, 0.15) is 5.78 Å². The van der Waals surface area contributed by atoms with Crippen molar-refractivity contribution >= 4 is 29.0 Å². The van der Waals surface area contributed by atoms with Crippen LogP contribution in [0.15, 0.2) is 18.2 Å². The van der Waals surface area contributed by atoms with Gasteiger partial charge in [-0.25, -0.2) is 0 Å². The third kappa shape index (κ3) is 4.54. The normalized spacial score (nSPS) is 10.8. The van der Waals surface area contributed by atoms with E-state index in [1.807, 2.05) is 0 Å². The van der Waals surface area contributed by atoms with Crippen molar-refractivity contribution in [3.05, 3.63) is 33.8 Å². The summed E-state index contributed by atoms with van der Waals surface area (Å²) in [7, 11) is 0. The van der Waals surface area contributed by atoms with E-state index in [9.17, 15) is 4.79 Å². The van der Waals surface area contributed by atoms with Gasteiger partial charge in [-0.15, -0.1) is 0 Å². The molecule has 1 aromatic rings. The number of halogens is 2. The predicted molar refractivity (Wildman–Crippen MR) is 69.2 cm³/mol. The highest BCUT2D eigenvalue weighted by Gasteiger charge is 2.08. The Balaban J connectivity index is 2.59. The van der Waals surface area contributed by atoms with Gasteiger partial charge in [0.05, 0.1) is 0 Å². The van der Waals surface area contributed by atoms with Crippen LogP contribution in [0.2, 0.25) is 10.0 Å². The molecule has 16 heavy (non-hydrogen) atoms. The molecule has 0 aliphatic carbocycles. The van der Waals surface area contributed by atoms with Crippen LogP contribution in [0.25, 0.3) is 0 Å². The summed E-state index contributed by atoms with van der Waals surface area (Å²) < 4.78 is 0. The number of carbonyl (C=O) groups is 1. The van der Waals surface area contributed by atoms with Crippen LogP contribution in [0.3, 0.4) is 0 Å². The van der Waals surface area contributed by atoms with E-state index in [4.69, 9.17) is 23.2 Å². The lowest BCUT2D eigenvalue weighted by Crippen LogP contribution is -2.04. The molecule has 0 saturated carbocycles. The summed E-state index contributed by atoms with van der Waals surface area (Å²) in [6.07, 6.45) is 1.92. The first-order chi connectivity index (χ1) is 7.49. The third-order valence-electron chi connectivity index (χ3n) is 2.40. The van der Waals surface area contributed by atoms with Crippen molar-refractivity contribution in [2.24, 2.45) is 5.92 Å². The average molecular weight is 259 g/mol. The van der Waals surface area contributed by atoms with Gasteiger partial charge in [0, 0.05) is 22.9 Å². The number of ketones is 1. The molecule has 0 spiro atoms. The summed E-state index contributed by atoms with van der Waals surface area (Å²) >= 11 is 11.8. The Morgan fingerprint density at radius 1 is 1.31 bits per heavy atom. The number of Topliss-reactive ketones (excluding diaryl/α,β-unsaturated/α-hetero) is 1. The molecule has 3 heteroatoms. The van der Waals surface area contributed by atoms with Crippen molar-refractivity contribution in [2.45, 2.75) is 33.1 Å². The van der Waals surface area contributed by atoms with Crippen LogP contribution in [0.1, 0.15) is 32.3 Å². The van der Waals surface area contributed by atoms with Crippen LogP contribution < -0.4 is 0 Å². The Kier molecular flexibility index (Phi) is 5.30. The predicted octanol–water partition coefficient (Wildman–Crippen LogP) is 4.54. The topological polar surface area (TPSA) is 17.1 Å². The first-order valence-electron chi connectivity index (χ1n) is 5.44. The summed E-state index contributed by atoms with van der Waals surface area (Å²) in [4.78, 5) is 11.7. The van der Waals surface area contributed by atoms with Crippen LogP contribution in [-0.4, -0.2) is 5.78 Å². The quantitative estimate of drug-likeness (QED) is 0.758. The third-order valence-corrected chi connectivity index (χ3v) is 3.00. The van der Waals surface area contributed by atoms with Crippen LogP contribution in [0.4, 0.5) is 0 Å². The Morgan fingerprint density at radius 3 is 2.62 bits per heavy atom. The lowest BCUT2D eigenvalue weighted by atomic mass is 10.0. The molecule has 0 radical (unpaired) electrons. The lowest BCUT2D eigenvalue weighted by molar-refractivity contribution is -0.118. The van der Waals surface area contributed by atoms with Crippen molar-refractivity contribution in [2.75, 3.05) is 0 Å². The van der Waals surface area contributed by atoms with Crippen LogP contribution in [0, 0.1) is 5.92 Å². The molecule has 1 aromatic carbocycles. The monoisotopic (exact) mass is 258 g/mol. The molecule has 0 unspecified atom stereocenters. The molecule has 0 N–H and O–H groups in total. The fraction of sp³-hybridized carbons (Fsp3) is 0.462. The second-order valence-electron chi connectivity index (χ2n) is 4.38. The maximum atomic E-state index is 11.7. The fourth-order valence-corrected chi connectivity index (χ4v) is 1.81. The lowest BCUT2D eigenvalue weighted by Gasteiger charge is -2.06. The SMILES string of the molecule is CC(C)CCC(=O)Cc1cc(Cl)ccc1Cl. The molecule has 0 bridgehead atoms. The minimum atomic E-state index is 0.220. The molecule has 0 aliphatic heterocycles. The van der Waals surface area contributed by atoms with Crippen LogP contribution in [-0.2, 0) is 11.2 Å². The van der Waals surface area contributed by atoms with E-state index in [-0.39, 0.29) is 5.78 Å². The van der Waals surface area contributed by atoms with E-state index in [1.54, 1.807) is 18.2 Å². The molecule has 0 aliphatic rings. The van der Waals surface area contributed by atoms with Gasteiger partial charge in [-0.2, -0.15) is 0 Å². The van der Waals surface area contributed by atoms with E-state index in [1.165, 1.54) is 0 Å². The van der Waals surface area contributed by atoms with Crippen LogP contribution >= 0.6 is 23.2 Å². The largest absolute Gasteiger partial charge is 0.299 e. The molecule has 0 atom stereocenters. The Bertz CT molecular complexity index is 372. The second-order valence-corrected chi connectivity index (χ2v) is 5.23. The first-order valence-corrected chi connectivity index (χ1v) is 6.20. The molecule has 88 valence electrons. The molecule has 0 aromatic heterocycles. The highest BCUT2D eigenvalue weighted by molar-refractivity contribution is 6.33. The van der Waals surface area contributed by atoms with Crippen molar-refractivity contribution in [3.63, 3.8) is 0 Å². The fourth-order valence-electron chi connectivity index (χ4n) is 1.43. The minimum Gasteiger partial charge on any atom is -0.299 e. The summed E-state index contributed by atoms with van der Waals surface area (Å²) in [6, 6.07) is 5.22. The summed E-state index contributed by atoms with van der Waals surface area (Å²) in [6.45, 7) is 4.22. The molecule has 1 rings (SSSR count). The van der Waals surface area contributed by atoms with E-state index < -0.39 is 0 Å². The second kappa shape index (κ2) is 6.27. The van der Waals surface area contributed by atoms with Gasteiger partial charge in [0.15, 0.2) is 0 Å². The van der Waals surface area contributed by atoms with Gasteiger partial charge < -0.3 is 0 Å². The Morgan fingerprint density at radius 2 is 2.00 bits per heavy atom. The van der Waals surface area contributed by atoms with Gasteiger partial charge in [-0.3, -0.25) is 4.79 Å². The molecule has 0 saturated heterocycles. The highest BCUT2D eigenvalue weighted by Crippen LogP contribution is 2.21. The van der Waals surface area contributed by atoms with Crippen molar-refractivity contribution < 1.29 is 4.79 Å². The molecular formula is C13H16Cl2O. The van der Waals surface area contributed by atoms with Crippen molar-refractivity contribution in [1.29, 1.82) is 0 Å².